The first-order valence-corrected chi connectivity index (χ1v) is 4.86. The summed E-state index contributed by atoms with van der Waals surface area (Å²) in [7, 11) is 0. The molecule has 0 aliphatic carbocycles. The van der Waals surface area contributed by atoms with Crippen molar-refractivity contribution < 1.29 is 4.79 Å². The van der Waals surface area contributed by atoms with Gasteiger partial charge in [0, 0.05) is 4.47 Å². The van der Waals surface area contributed by atoms with Crippen LogP contribution in [0, 0.1) is 18.3 Å². The highest BCUT2D eigenvalue weighted by Crippen LogP contribution is 2.25. The van der Waals surface area contributed by atoms with Crippen LogP contribution in [-0.4, -0.2) is 5.91 Å². The lowest BCUT2D eigenvalue weighted by atomic mass is 10.2. The van der Waals surface area contributed by atoms with E-state index in [1.54, 1.807) is 12.1 Å². The molecule has 0 aliphatic heterocycles. The van der Waals surface area contributed by atoms with E-state index in [1.807, 2.05) is 19.1 Å². The summed E-state index contributed by atoms with van der Waals surface area (Å²) in [4.78, 5) is 11.1. The molecule has 0 radical (unpaired) electrons. The average Bonchev–Trinajstić information content (AvgIpc) is 2.13. The number of benzene rings is 1. The molecule has 1 N–H and O–H groups in total. The van der Waals surface area contributed by atoms with E-state index < -0.39 is 0 Å². The molecule has 1 amide bonds. The normalized spacial score (nSPS) is 9.21. The van der Waals surface area contributed by atoms with E-state index in [9.17, 15) is 4.79 Å². The Labute approximate surface area is 90.9 Å². The van der Waals surface area contributed by atoms with Crippen molar-refractivity contribution in [3.05, 3.63) is 28.2 Å². The summed E-state index contributed by atoms with van der Waals surface area (Å²) in [5.74, 6) is -0.293. The van der Waals surface area contributed by atoms with Gasteiger partial charge in [-0.05, 0) is 34.5 Å². The van der Waals surface area contributed by atoms with Crippen molar-refractivity contribution in [1.29, 1.82) is 5.26 Å². The second-order valence-corrected chi connectivity index (χ2v) is 3.61. The lowest BCUT2D eigenvalue weighted by Crippen LogP contribution is -2.10. The van der Waals surface area contributed by atoms with Crippen LogP contribution in [-0.2, 0) is 4.79 Å². The second-order valence-electron chi connectivity index (χ2n) is 2.82. The number of halogens is 1. The van der Waals surface area contributed by atoms with Crippen molar-refractivity contribution in [3.63, 3.8) is 0 Å². The Balaban J connectivity index is 2.83. The highest BCUT2D eigenvalue weighted by atomic mass is 79.9. The van der Waals surface area contributed by atoms with Crippen LogP contribution < -0.4 is 5.32 Å². The smallest absolute Gasteiger partial charge is 0.238 e. The standard InChI is InChI=1S/C10H9BrN2O/c1-7-3-2-4-8(10(7)11)13-9(14)5-6-12/h2-4H,5H2,1H3,(H,13,14). The van der Waals surface area contributed by atoms with Crippen molar-refractivity contribution in [2.75, 3.05) is 5.32 Å². The fourth-order valence-electron chi connectivity index (χ4n) is 1.01. The van der Waals surface area contributed by atoms with Crippen LogP contribution in [0.5, 0.6) is 0 Å². The van der Waals surface area contributed by atoms with Gasteiger partial charge in [-0.2, -0.15) is 5.26 Å². The molecular formula is C10H9BrN2O. The number of amides is 1. The fourth-order valence-corrected chi connectivity index (χ4v) is 1.37. The number of hydrogen-bond donors (Lipinski definition) is 1. The average molecular weight is 253 g/mol. The predicted octanol–water partition coefficient (Wildman–Crippen LogP) is 2.61. The summed E-state index contributed by atoms with van der Waals surface area (Å²) in [5.41, 5.74) is 1.74. The zero-order valence-corrected chi connectivity index (χ0v) is 9.26. The van der Waals surface area contributed by atoms with Gasteiger partial charge in [-0.1, -0.05) is 12.1 Å². The molecule has 0 aliphatic rings. The van der Waals surface area contributed by atoms with Crippen molar-refractivity contribution in [2.45, 2.75) is 13.3 Å². The first-order chi connectivity index (χ1) is 6.65. The maximum atomic E-state index is 11.1. The Hall–Kier alpha value is -1.34. The minimum atomic E-state index is -0.293. The molecule has 14 heavy (non-hydrogen) atoms. The van der Waals surface area contributed by atoms with Crippen LogP contribution in [0.3, 0.4) is 0 Å². The van der Waals surface area contributed by atoms with Gasteiger partial charge in [-0.3, -0.25) is 4.79 Å². The number of carbonyl (C=O) groups is 1. The zero-order valence-electron chi connectivity index (χ0n) is 7.67. The molecule has 0 saturated carbocycles. The third kappa shape index (κ3) is 2.57. The van der Waals surface area contributed by atoms with Gasteiger partial charge >= 0.3 is 0 Å². The van der Waals surface area contributed by atoms with Gasteiger partial charge < -0.3 is 5.32 Å². The Morgan fingerprint density at radius 3 is 3.00 bits per heavy atom. The van der Waals surface area contributed by atoms with E-state index >= 15 is 0 Å². The predicted molar refractivity (Wildman–Crippen MR) is 57.7 cm³/mol. The SMILES string of the molecule is Cc1cccc(NC(=O)CC#N)c1Br. The third-order valence-electron chi connectivity index (χ3n) is 1.71. The monoisotopic (exact) mass is 252 g/mol. The maximum absolute atomic E-state index is 11.1. The molecule has 0 saturated heterocycles. The highest BCUT2D eigenvalue weighted by molar-refractivity contribution is 9.10. The van der Waals surface area contributed by atoms with Crippen LogP contribution in [0.15, 0.2) is 22.7 Å². The first kappa shape index (κ1) is 10.7. The minimum absolute atomic E-state index is 0.125. The quantitative estimate of drug-likeness (QED) is 0.880. The minimum Gasteiger partial charge on any atom is -0.324 e. The molecule has 0 atom stereocenters. The molecule has 0 aromatic heterocycles. The number of nitrogens with one attached hydrogen (secondary N) is 1. The van der Waals surface area contributed by atoms with Crippen molar-refractivity contribution in [1.82, 2.24) is 0 Å². The Morgan fingerprint density at radius 1 is 1.64 bits per heavy atom. The van der Waals surface area contributed by atoms with E-state index in [-0.39, 0.29) is 12.3 Å². The van der Waals surface area contributed by atoms with Crippen LogP contribution in [0.2, 0.25) is 0 Å². The topological polar surface area (TPSA) is 52.9 Å². The number of rotatable bonds is 2. The molecule has 0 heterocycles. The van der Waals surface area contributed by atoms with Gasteiger partial charge in [0.15, 0.2) is 0 Å². The lowest BCUT2D eigenvalue weighted by Gasteiger charge is -2.07. The molecule has 0 unspecified atom stereocenters. The van der Waals surface area contributed by atoms with Crippen LogP contribution >= 0.6 is 15.9 Å². The van der Waals surface area contributed by atoms with Crippen LogP contribution in [0.1, 0.15) is 12.0 Å². The van der Waals surface area contributed by atoms with Gasteiger partial charge in [0.1, 0.15) is 6.42 Å². The molecule has 1 rings (SSSR count). The first-order valence-electron chi connectivity index (χ1n) is 4.07. The van der Waals surface area contributed by atoms with Gasteiger partial charge in [-0.15, -0.1) is 0 Å². The van der Waals surface area contributed by atoms with E-state index in [0.29, 0.717) is 5.69 Å². The molecule has 1 aromatic carbocycles. The highest BCUT2D eigenvalue weighted by Gasteiger charge is 2.05. The largest absolute Gasteiger partial charge is 0.324 e. The number of hydrogen-bond acceptors (Lipinski definition) is 2. The number of nitriles is 1. The van der Waals surface area contributed by atoms with E-state index in [4.69, 9.17) is 5.26 Å². The summed E-state index contributed by atoms with van der Waals surface area (Å²) >= 11 is 3.36. The Morgan fingerprint density at radius 2 is 2.36 bits per heavy atom. The fraction of sp³-hybridized carbons (Fsp3) is 0.200. The van der Waals surface area contributed by atoms with Crippen molar-refractivity contribution in [2.24, 2.45) is 0 Å². The molecular weight excluding hydrogens is 244 g/mol. The Kier molecular flexibility index (Phi) is 3.66. The van der Waals surface area contributed by atoms with Gasteiger partial charge in [0.2, 0.25) is 5.91 Å². The summed E-state index contributed by atoms with van der Waals surface area (Å²) < 4.78 is 0.853. The van der Waals surface area contributed by atoms with Crippen LogP contribution in [0.25, 0.3) is 0 Å². The summed E-state index contributed by atoms with van der Waals surface area (Å²) in [6, 6.07) is 7.36. The van der Waals surface area contributed by atoms with Crippen molar-refractivity contribution >= 4 is 27.5 Å². The van der Waals surface area contributed by atoms with Crippen molar-refractivity contribution in [3.8, 4) is 6.07 Å². The summed E-state index contributed by atoms with van der Waals surface area (Å²) in [5, 5.41) is 11.0. The third-order valence-corrected chi connectivity index (χ3v) is 2.76. The van der Waals surface area contributed by atoms with E-state index in [1.165, 1.54) is 0 Å². The molecule has 3 nitrogen and oxygen atoms in total. The summed E-state index contributed by atoms with van der Waals surface area (Å²) in [6.07, 6.45) is -0.125. The lowest BCUT2D eigenvalue weighted by molar-refractivity contribution is -0.115. The molecule has 1 aromatic rings. The molecule has 4 heteroatoms. The molecule has 72 valence electrons. The second kappa shape index (κ2) is 4.77. The van der Waals surface area contributed by atoms with Gasteiger partial charge in [0.05, 0.1) is 11.8 Å². The van der Waals surface area contributed by atoms with E-state index in [0.717, 1.165) is 10.0 Å². The number of nitrogens with zero attached hydrogens (tertiary/aromatic N) is 1. The number of carbonyl (C=O) groups excluding carboxylic acids is 1. The van der Waals surface area contributed by atoms with Crippen LogP contribution in [0.4, 0.5) is 5.69 Å². The molecule has 0 spiro atoms. The zero-order chi connectivity index (χ0) is 10.6. The number of anilines is 1. The van der Waals surface area contributed by atoms with E-state index in [2.05, 4.69) is 21.2 Å². The van der Waals surface area contributed by atoms with Gasteiger partial charge in [-0.25, -0.2) is 0 Å². The maximum Gasteiger partial charge on any atom is 0.238 e. The molecule has 0 bridgehead atoms. The Bertz CT molecular complexity index is 396. The number of aryl methyl sites for hydroxylation is 1. The summed E-state index contributed by atoms with van der Waals surface area (Å²) in [6.45, 7) is 1.93. The molecule has 0 fully saturated rings. The van der Waals surface area contributed by atoms with Gasteiger partial charge in [0.25, 0.3) is 0 Å².